The largest absolute Gasteiger partial charge is 0.477 e. The van der Waals surface area contributed by atoms with Crippen molar-refractivity contribution in [2.75, 3.05) is 25.4 Å². The highest BCUT2D eigenvalue weighted by Crippen LogP contribution is 2.31. The maximum Gasteiger partial charge on any atom is 0.221 e. The van der Waals surface area contributed by atoms with Crippen LogP contribution in [0.5, 0.6) is 5.88 Å². The van der Waals surface area contributed by atoms with Crippen LogP contribution in [0, 0.1) is 11.7 Å². The zero-order valence-electron chi connectivity index (χ0n) is 14.7. The van der Waals surface area contributed by atoms with Crippen molar-refractivity contribution >= 4 is 5.82 Å². The minimum absolute atomic E-state index is 0.297. The quantitative estimate of drug-likeness (QED) is 0.723. The Morgan fingerprint density at radius 2 is 2.07 bits per heavy atom. The summed E-state index contributed by atoms with van der Waals surface area (Å²) in [4.78, 5) is 12.4. The number of hydrogen-bond acceptors (Lipinski definition) is 6. The van der Waals surface area contributed by atoms with Gasteiger partial charge in [0.15, 0.2) is 0 Å². The molecule has 0 spiro atoms. The number of benzene rings is 1. The summed E-state index contributed by atoms with van der Waals surface area (Å²) < 4.78 is 20.7. The van der Waals surface area contributed by atoms with Crippen molar-refractivity contribution in [3.8, 4) is 28.3 Å². The van der Waals surface area contributed by atoms with Crippen LogP contribution in [0.3, 0.4) is 0 Å². The van der Waals surface area contributed by atoms with Crippen LogP contribution in [0.2, 0.25) is 0 Å². The summed E-state index contributed by atoms with van der Waals surface area (Å²) in [6, 6.07) is 8.68. The van der Waals surface area contributed by atoms with Gasteiger partial charge >= 0.3 is 0 Å². The number of nitrogens with zero attached hydrogens (tertiary/aromatic N) is 3. The Hall–Kier alpha value is -3.06. The Kier molecular flexibility index (Phi) is 4.93. The normalized spacial score (nSPS) is 16.4. The summed E-state index contributed by atoms with van der Waals surface area (Å²) >= 11 is 0. The molecule has 0 aliphatic carbocycles. The van der Waals surface area contributed by atoms with Crippen LogP contribution in [0.4, 0.5) is 10.2 Å². The highest BCUT2D eigenvalue weighted by Gasteiger charge is 2.17. The number of nitrogen functional groups attached to an aromatic ring is 1. The molecule has 0 saturated carbocycles. The van der Waals surface area contributed by atoms with Crippen LogP contribution in [0.25, 0.3) is 22.4 Å². The molecule has 1 unspecified atom stereocenters. The molecule has 3 aromatic rings. The summed E-state index contributed by atoms with van der Waals surface area (Å²) in [5.41, 5.74) is 7.81. The van der Waals surface area contributed by atoms with Gasteiger partial charge in [-0.05, 0) is 42.8 Å². The molecule has 27 heavy (non-hydrogen) atoms. The molecule has 1 fully saturated rings. The fourth-order valence-electron chi connectivity index (χ4n) is 3.15. The first-order chi connectivity index (χ1) is 13.2. The number of pyridine rings is 1. The number of anilines is 1. The molecular formula is C20H20FN5O. The van der Waals surface area contributed by atoms with E-state index < -0.39 is 0 Å². The van der Waals surface area contributed by atoms with E-state index in [0.29, 0.717) is 41.0 Å². The van der Waals surface area contributed by atoms with Gasteiger partial charge in [0.25, 0.3) is 0 Å². The minimum Gasteiger partial charge on any atom is -0.477 e. The first kappa shape index (κ1) is 17.4. The lowest BCUT2D eigenvalue weighted by atomic mass is 10.0. The number of hydrogen-bond donors (Lipinski definition) is 2. The fourth-order valence-corrected chi connectivity index (χ4v) is 3.15. The molecule has 0 radical (unpaired) electrons. The predicted molar refractivity (Wildman–Crippen MR) is 102 cm³/mol. The van der Waals surface area contributed by atoms with Gasteiger partial charge in [0.1, 0.15) is 11.6 Å². The minimum atomic E-state index is -0.388. The van der Waals surface area contributed by atoms with Gasteiger partial charge in [0, 0.05) is 29.8 Å². The van der Waals surface area contributed by atoms with Crippen molar-refractivity contribution < 1.29 is 9.13 Å². The van der Waals surface area contributed by atoms with E-state index in [1.165, 1.54) is 18.5 Å². The molecule has 1 aliphatic heterocycles. The number of rotatable bonds is 5. The van der Waals surface area contributed by atoms with E-state index in [9.17, 15) is 4.39 Å². The number of nitrogens with one attached hydrogen (secondary N) is 1. The Labute approximate surface area is 156 Å². The molecule has 1 aromatic carbocycles. The Morgan fingerprint density at radius 1 is 1.15 bits per heavy atom. The van der Waals surface area contributed by atoms with E-state index >= 15 is 0 Å². The van der Waals surface area contributed by atoms with Gasteiger partial charge in [0.2, 0.25) is 5.88 Å². The van der Waals surface area contributed by atoms with Crippen LogP contribution < -0.4 is 15.8 Å². The van der Waals surface area contributed by atoms with Crippen molar-refractivity contribution in [1.29, 1.82) is 0 Å². The lowest BCUT2D eigenvalue weighted by Gasteiger charge is -2.14. The maximum absolute atomic E-state index is 14.7. The molecule has 1 atom stereocenters. The van der Waals surface area contributed by atoms with E-state index in [1.807, 2.05) is 18.2 Å². The summed E-state index contributed by atoms with van der Waals surface area (Å²) in [5.74, 6) is 0.902. The second-order valence-corrected chi connectivity index (χ2v) is 6.55. The predicted octanol–water partition coefficient (Wildman–Crippen LogP) is 2.92. The van der Waals surface area contributed by atoms with Crippen molar-refractivity contribution in [3.63, 3.8) is 0 Å². The average molecular weight is 365 g/mol. The SMILES string of the molecule is Nc1cnc(-c2ccc(-c3cccnc3OCC3CCNC3)cc2F)cn1. The monoisotopic (exact) mass is 365 g/mol. The molecule has 6 nitrogen and oxygen atoms in total. The smallest absolute Gasteiger partial charge is 0.221 e. The highest BCUT2D eigenvalue weighted by molar-refractivity contribution is 5.72. The number of nitrogens with two attached hydrogens (primary N) is 1. The topological polar surface area (TPSA) is 86.0 Å². The third-order valence-electron chi connectivity index (χ3n) is 4.62. The van der Waals surface area contributed by atoms with Gasteiger partial charge in [0.05, 0.1) is 24.7 Å². The third-order valence-corrected chi connectivity index (χ3v) is 4.62. The fraction of sp³-hybridized carbons (Fsp3) is 0.250. The van der Waals surface area contributed by atoms with Crippen LogP contribution in [0.1, 0.15) is 6.42 Å². The number of aromatic nitrogens is 3. The van der Waals surface area contributed by atoms with Gasteiger partial charge in [-0.2, -0.15) is 0 Å². The summed E-state index contributed by atoms with van der Waals surface area (Å²) in [6.07, 6.45) is 5.64. The second-order valence-electron chi connectivity index (χ2n) is 6.55. The Morgan fingerprint density at radius 3 is 2.81 bits per heavy atom. The van der Waals surface area contributed by atoms with E-state index in [4.69, 9.17) is 10.5 Å². The summed E-state index contributed by atoms with van der Waals surface area (Å²) in [5, 5.41) is 3.32. The summed E-state index contributed by atoms with van der Waals surface area (Å²) in [7, 11) is 0. The zero-order valence-corrected chi connectivity index (χ0v) is 14.7. The van der Waals surface area contributed by atoms with Gasteiger partial charge in [-0.25, -0.2) is 14.4 Å². The van der Waals surface area contributed by atoms with Crippen LogP contribution in [-0.4, -0.2) is 34.6 Å². The van der Waals surface area contributed by atoms with Crippen LogP contribution in [0.15, 0.2) is 48.9 Å². The molecule has 0 bridgehead atoms. The lowest BCUT2D eigenvalue weighted by Crippen LogP contribution is -2.16. The van der Waals surface area contributed by atoms with Crippen LogP contribution in [-0.2, 0) is 0 Å². The molecule has 3 N–H and O–H groups in total. The zero-order chi connectivity index (χ0) is 18.6. The molecule has 1 saturated heterocycles. The Bertz CT molecular complexity index is 926. The molecule has 4 rings (SSSR count). The van der Waals surface area contributed by atoms with E-state index in [2.05, 4.69) is 20.3 Å². The molecule has 1 aliphatic rings. The third kappa shape index (κ3) is 3.88. The number of ether oxygens (including phenoxy) is 1. The van der Waals surface area contributed by atoms with Gasteiger partial charge in [-0.1, -0.05) is 6.07 Å². The van der Waals surface area contributed by atoms with E-state index in [1.54, 1.807) is 12.3 Å². The molecular weight excluding hydrogens is 345 g/mol. The first-order valence-electron chi connectivity index (χ1n) is 8.87. The van der Waals surface area contributed by atoms with Gasteiger partial charge < -0.3 is 15.8 Å². The van der Waals surface area contributed by atoms with Gasteiger partial charge in [-0.15, -0.1) is 0 Å². The van der Waals surface area contributed by atoms with Crippen LogP contribution >= 0.6 is 0 Å². The number of halogens is 1. The highest BCUT2D eigenvalue weighted by atomic mass is 19.1. The molecule has 2 aromatic heterocycles. The standard InChI is InChI=1S/C20H20FN5O/c21-17-8-14(3-4-16(17)18-10-26-19(22)11-25-18)15-2-1-6-24-20(15)27-12-13-5-7-23-9-13/h1-4,6,8,10-11,13,23H,5,7,9,12H2,(H2,22,26). The average Bonchev–Trinajstić information content (AvgIpc) is 3.21. The van der Waals surface area contributed by atoms with Crippen molar-refractivity contribution in [1.82, 2.24) is 20.3 Å². The molecule has 7 heteroatoms. The summed E-state index contributed by atoms with van der Waals surface area (Å²) in [6.45, 7) is 2.57. The second kappa shape index (κ2) is 7.67. The van der Waals surface area contributed by atoms with Crippen molar-refractivity contribution in [2.24, 2.45) is 5.92 Å². The first-order valence-corrected chi connectivity index (χ1v) is 8.87. The molecule has 3 heterocycles. The van der Waals surface area contributed by atoms with E-state index in [0.717, 1.165) is 25.1 Å². The van der Waals surface area contributed by atoms with Gasteiger partial charge in [-0.3, -0.25) is 4.98 Å². The maximum atomic E-state index is 14.7. The molecule has 138 valence electrons. The lowest BCUT2D eigenvalue weighted by molar-refractivity contribution is 0.252. The van der Waals surface area contributed by atoms with E-state index in [-0.39, 0.29) is 5.82 Å². The Balaban J connectivity index is 1.60. The van der Waals surface area contributed by atoms with Crippen molar-refractivity contribution in [3.05, 3.63) is 54.7 Å². The molecule has 0 amide bonds. The van der Waals surface area contributed by atoms with Crippen molar-refractivity contribution in [2.45, 2.75) is 6.42 Å².